The van der Waals surface area contributed by atoms with Crippen LogP contribution in [0.3, 0.4) is 0 Å². The third-order valence-corrected chi connectivity index (χ3v) is 4.56. The smallest absolute Gasteiger partial charge is 0.133 e. The van der Waals surface area contributed by atoms with Gasteiger partial charge in [0, 0.05) is 25.9 Å². The summed E-state index contributed by atoms with van der Waals surface area (Å²) in [5, 5.41) is 12.3. The van der Waals surface area contributed by atoms with Crippen LogP contribution >= 0.6 is 0 Å². The molecule has 1 aliphatic heterocycles. The number of hydrogen-bond acceptors (Lipinski definition) is 3. The van der Waals surface area contributed by atoms with Crippen LogP contribution in [0.25, 0.3) is 6.08 Å². The first-order chi connectivity index (χ1) is 11.8. The van der Waals surface area contributed by atoms with Gasteiger partial charge < -0.3 is 9.88 Å². The van der Waals surface area contributed by atoms with E-state index in [9.17, 15) is 0 Å². The quantitative estimate of drug-likeness (QED) is 0.791. The van der Waals surface area contributed by atoms with Crippen LogP contribution in [-0.2, 0) is 19.4 Å². The molecule has 2 heterocycles. The van der Waals surface area contributed by atoms with E-state index in [1.54, 1.807) is 0 Å². The molecule has 1 aromatic heterocycles. The fourth-order valence-electron chi connectivity index (χ4n) is 3.27. The second-order valence-electron chi connectivity index (χ2n) is 6.68. The highest BCUT2D eigenvalue weighted by molar-refractivity contribution is 5.52. The molecule has 0 saturated heterocycles. The van der Waals surface area contributed by atoms with E-state index in [2.05, 4.69) is 63.4 Å². The van der Waals surface area contributed by atoms with Crippen molar-refractivity contribution in [1.82, 2.24) is 20.1 Å². The summed E-state index contributed by atoms with van der Waals surface area (Å²) < 4.78 is 2.35. The Bertz CT molecular complexity index is 658. The van der Waals surface area contributed by atoms with Crippen LogP contribution < -0.4 is 5.32 Å². The minimum atomic E-state index is 0.937. The Morgan fingerprint density at radius 1 is 1.17 bits per heavy atom. The summed E-state index contributed by atoms with van der Waals surface area (Å²) in [4.78, 5) is 0. The maximum absolute atomic E-state index is 4.40. The van der Waals surface area contributed by atoms with Crippen LogP contribution in [0, 0.1) is 0 Å². The van der Waals surface area contributed by atoms with E-state index in [4.69, 9.17) is 0 Å². The molecule has 1 N–H and O–H groups in total. The van der Waals surface area contributed by atoms with Gasteiger partial charge in [-0.3, -0.25) is 0 Å². The van der Waals surface area contributed by atoms with Crippen molar-refractivity contribution >= 4 is 6.08 Å². The Labute approximate surface area is 145 Å². The van der Waals surface area contributed by atoms with E-state index in [0.29, 0.717) is 0 Å². The van der Waals surface area contributed by atoms with Gasteiger partial charge in [-0.1, -0.05) is 48.4 Å². The zero-order valence-corrected chi connectivity index (χ0v) is 14.7. The lowest BCUT2D eigenvalue weighted by Gasteiger charge is -2.08. The van der Waals surface area contributed by atoms with E-state index in [-0.39, 0.29) is 0 Å². The van der Waals surface area contributed by atoms with Crippen LogP contribution in [0.4, 0.5) is 0 Å². The highest BCUT2D eigenvalue weighted by Crippen LogP contribution is 2.15. The van der Waals surface area contributed by atoms with Gasteiger partial charge in [0.2, 0.25) is 0 Å². The van der Waals surface area contributed by atoms with Gasteiger partial charge in [0.15, 0.2) is 0 Å². The Morgan fingerprint density at radius 2 is 2.04 bits per heavy atom. The van der Waals surface area contributed by atoms with E-state index in [1.165, 1.54) is 42.0 Å². The summed E-state index contributed by atoms with van der Waals surface area (Å²) in [5.41, 5.74) is 2.63. The third kappa shape index (κ3) is 4.78. The van der Waals surface area contributed by atoms with Gasteiger partial charge in [0.05, 0.1) is 0 Å². The topological polar surface area (TPSA) is 42.7 Å². The van der Waals surface area contributed by atoms with Gasteiger partial charge in [-0.2, -0.15) is 0 Å². The maximum Gasteiger partial charge on any atom is 0.133 e. The summed E-state index contributed by atoms with van der Waals surface area (Å²) in [6.07, 6.45) is 9.29. The van der Waals surface area contributed by atoms with E-state index >= 15 is 0 Å². The molecule has 2 aromatic rings. The zero-order chi connectivity index (χ0) is 16.6. The normalized spacial score (nSPS) is 15.1. The molecule has 4 heteroatoms. The van der Waals surface area contributed by atoms with Crippen molar-refractivity contribution in [2.24, 2.45) is 0 Å². The summed E-state index contributed by atoms with van der Waals surface area (Å²) in [6.45, 7) is 5.23. The number of fused-ring (bicyclic) bond motifs is 1. The molecular formula is C20H28N4. The van der Waals surface area contributed by atoms with Crippen molar-refractivity contribution < 1.29 is 0 Å². The number of aryl methyl sites for hydroxylation is 2. The standard InChI is InChI=1S/C20H28N4/c1-17(15-18-9-4-2-5-10-18)16-21-13-8-12-20-23-22-19-11-6-3-7-14-24(19)20/h2,4-5,9-10,15,21H,3,6-8,11-14,16H2,1H3/b17-15-. The van der Waals surface area contributed by atoms with E-state index in [0.717, 1.165) is 38.9 Å². The van der Waals surface area contributed by atoms with Crippen LogP contribution in [0.1, 0.15) is 49.8 Å². The Balaban J connectivity index is 1.40. The summed E-state index contributed by atoms with van der Waals surface area (Å²) in [5.74, 6) is 2.36. The molecule has 0 unspecified atom stereocenters. The molecule has 0 saturated carbocycles. The highest BCUT2D eigenvalue weighted by atomic mass is 15.3. The Hall–Kier alpha value is -1.94. The third-order valence-electron chi connectivity index (χ3n) is 4.56. The van der Waals surface area contributed by atoms with E-state index in [1.807, 2.05) is 0 Å². The molecule has 0 spiro atoms. The molecule has 3 rings (SSSR count). The Kier molecular flexibility index (Phi) is 6.19. The van der Waals surface area contributed by atoms with Crippen molar-refractivity contribution in [3.63, 3.8) is 0 Å². The van der Waals surface area contributed by atoms with Gasteiger partial charge in [0.25, 0.3) is 0 Å². The van der Waals surface area contributed by atoms with Crippen molar-refractivity contribution in [3.8, 4) is 0 Å². The molecule has 1 aliphatic rings. The van der Waals surface area contributed by atoms with Crippen LogP contribution in [0.2, 0.25) is 0 Å². The molecular weight excluding hydrogens is 296 g/mol. The first kappa shape index (κ1) is 16.9. The molecule has 0 amide bonds. The van der Waals surface area contributed by atoms with Crippen LogP contribution in [0.15, 0.2) is 35.9 Å². The van der Waals surface area contributed by atoms with E-state index < -0.39 is 0 Å². The van der Waals surface area contributed by atoms with Gasteiger partial charge >= 0.3 is 0 Å². The molecule has 24 heavy (non-hydrogen) atoms. The minimum absolute atomic E-state index is 0.937. The minimum Gasteiger partial charge on any atom is -0.315 e. The first-order valence-corrected chi connectivity index (χ1v) is 9.17. The number of benzene rings is 1. The molecule has 0 bridgehead atoms. The SMILES string of the molecule is C/C(=C/c1ccccc1)CNCCCc1nnc2n1CCCCC2. The Morgan fingerprint density at radius 3 is 2.92 bits per heavy atom. The lowest BCUT2D eigenvalue weighted by molar-refractivity contribution is 0.587. The lowest BCUT2D eigenvalue weighted by Crippen LogP contribution is -2.18. The maximum atomic E-state index is 4.40. The van der Waals surface area contributed by atoms with Crippen LogP contribution in [0.5, 0.6) is 0 Å². The average molecular weight is 324 g/mol. The number of nitrogens with one attached hydrogen (secondary N) is 1. The largest absolute Gasteiger partial charge is 0.315 e. The van der Waals surface area contributed by atoms with Crippen molar-refractivity contribution in [2.45, 2.75) is 52.0 Å². The van der Waals surface area contributed by atoms with Gasteiger partial charge in [-0.15, -0.1) is 10.2 Å². The molecule has 128 valence electrons. The number of hydrogen-bond donors (Lipinski definition) is 1. The predicted molar refractivity (Wildman–Crippen MR) is 98.9 cm³/mol. The fraction of sp³-hybridized carbons (Fsp3) is 0.500. The van der Waals surface area contributed by atoms with Gasteiger partial charge in [-0.05, 0) is 38.3 Å². The molecule has 4 nitrogen and oxygen atoms in total. The van der Waals surface area contributed by atoms with Crippen molar-refractivity contribution in [3.05, 3.63) is 53.1 Å². The molecule has 0 fully saturated rings. The fourth-order valence-corrected chi connectivity index (χ4v) is 3.27. The number of aromatic nitrogens is 3. The second-order valence-corrected chi connectivity index (χ2v) is 6.68. The first-order valence-electron chi connectivity index (χ1n) is 9.17. The summed E-state index contributed by atoms with van der Waals surface area (Å²) in [7, 11) is 0. The number of rotatable bonds is 7. The van der Waals surface area contributed by atoms with Crippen molar-refractivity contribution in [1.29, 1.82) is 0 Å². The monoisotopic (exact) mass is 324 g/mol. The molecule has 0 atom stereocenters. The highest BCUT2D eigenvalue weighted by Gasteiger charge is 2.13. The number of nitrogens with zero attached hydrogens (tertiary/aromatic N) is 3. The van der Waals surface area contributed by atoms with Gasteiger partial charge in [0.1, 0.15) is 11.6 Å². The summed E-state index contributed by atoms with van der Waals surface area (Å²) >= 11 is 0. The molecule has 1 aromatic carbocycles. The van der Waals surface area contributed by atoms with Crippen molar-refractivity contribution in [2.75, 3.05) is 13.1 Å². The molecule has 0 radical (unpaired) electrons. The average Bonchev–Trinajstić information content (AvgIpc) is 2.82. The molecule has 0 aliphatic carbocycles. The summed E-state index contributed by atoms with van der Waals surface area (Å²) in [6, 6.07) is 10.5. The van der Waals surface area contributed by atoms with Crippen LogP contribution in [-0.4, -0.2) is 27.9 Å². The van der Waals surface area contributed by atoms with Gasteiger partial charge in [-0.25, -0.2) is 0 Å². The second kappa shape index (κ2) is 8.78. The predicted octanol–water partition coefficient (Wildman–Crippen LogP) is 3.63. The lowest BCUT2D eigenvalue weighted by atomic mass is 10.1. The zero-order valence-electron chi connectivity index (χ0n) is 14.7.